The van der Waals surface area contributed by atoms with Crippen molar-refractivity contribution in [1.82, 2.24) is 10.3 Å². The predicted molar refractivity (Wildman–Crippen MR) is 87.8 cm³/mol. The first-order valence-electron chi connectivity index (χ1n) is 6.83. The normalized spacial score (nSPS) is 13.1. The Morgan fingerprint density at radius 3 is 2.86 bits per heavy atom. The second kappa shape index (κ2) is 6.68. The number of amides is 1. The summed E-state index contributed by atoms with van der Waals surface area (Å²) < 4.78 is 0. The number of hydrogen-bond donors (Lipinski definition) is 2. The van der Waals surface area contributed by atoms with Gasteiger partial charge in [-0.1, -0.05) is 19.9 Å². The van der Waals surface area contributed by atoms with Crippen LogP contribution in [0.3, 0.4) is 0 Å². The van der Waals surface area contributed by atoms with E-state index < -0.39 is 0 Å². The van der Waals surface area contributed by atoms with Crippen LogP contribution in [-0.2, 0) is 0 Å². The smallest absolute Gasteiger partial charge is 0.270 e. The number of thiazole rings is 1. The van der Waals surface area contributed by atoms with Crippen LogP contribution < -0.4 is 5.32 Å². The molecule has 0 aliphatic heterocycles. The summed E-state index contributed by atoms with van der Waals surface area (Å²) in [6.07, 6.45) is 0.270. The number of thiophene rings is 1. The van der Waals surface area contributed by atoms with Gasteiger partial charge in [0, 0.05) is 11.9 Å². The molecule has 0 saturated heterocycles. The Balaban J connectivity index is 1.95. The number of nitrogens with one attached hydrogen (secondary N) is 1. The number of carbonyl (C=O) groups excluding carboxylic acids is 1. The third-order valence-electron chi connectivity index (χ3n) is 3.04. The van der Waals surface area contributed by atoms with Gasteiger partial charge in [0.05, 0.1) is 11.0 Å². The maximum atomic E-state index is 12.1. The molecule has 0 saturated carbocycles. The highest BCUT2D eigenvalue weighted by Crippen LogP contribution is 2.28. The van der Waals surface area contributed by atoms with Crippen LogP contribution in [0.2, 0.25) is 0 Å². The van der Waals surface area contributed by atoms with Crippen LogP contribution in [0.15, 0.2) is 22.9 Å². The zero-order valence-electron chi connectivity index (χ0n) is 12.4. The van der Waals surface area contributed by atoms with E-state index in [1.54, 1.807) is 23.6 Å². The van der Waals surface area contributed by atoms with Crippen molar-refractivity contribution < 1.29 is 9.90 Å². The van der Waals surface area contributed by atoms with Gasteiger partial charge in [-0.2, -0.15) is 0 Å². The first-order valence-corrected chi connectivity index (χ1v) is 8.59. The van der Waals surface area contributed by atoms with Gasteiger partial charge < -0.3 is 10.4 Å². The van der Waals surface area contributed by atoms with Gasteiger partial charge in [-0.3, -0.25) is 4.79 Å². The zero-order chi connectivity index (χ0) is 15.5. The minimum absolute atomic E-state index is 0.142. The highest BCUT2D eigenvalue weighted by Gasteiger charge is 2.22. The molecule has 6 heteroatoms. The molecule has 0 fully saturated rings. The molecule has 0 aromatic carbocycles. The number of rotatable bonds is 6. The molecule has 0 aliphatic carbocycles. The van der Waals surface area contributed by atoms with E-state index >= 15 is 0 Å². The highest BCUT2D eigenvalue weighted by atomic mass is 32.1. The lowest BCUT2D eigenvalue weighted by Crippen LogP contribution is -2.35. The summed E-state index contributed by atoms with van der Waals surface area (Å²) >= 11 is 3.09. The number of aliphatic hydroxyl groups excluding tert-OH is 1. The van der Waals surface area contributed by atoms with Crippen LogP contribution in [0, 0.1) is 5.41 Å². The fourth-order valence-electron chi connectivity index (χ4n) is 2.17. The van der Waals surface area contributed by atoms with Crippen molar-refractivity contribution in [2.45, 2.75) is 33.3 Å². The third kappa shape index (κ3) is 4.62. The van der Waals surface area contributed by atoms with Gasteiger partial charge in [0.25, 0.3) is 5.91 Å². The Kier molecular flexibility index (Phi) is 5.13. The van der Waals surface area contributed by atoms with E-state index in [0.29, 0.717) is 18.7 Å². The Bertz CT molecular complexity index is 589. The summed E-state index contributed by atoms with van der Waals surface area (Å²) in [5, 5.41) is 17.0. The van der Waals surface area contributed by atoms with Crippen molar-refractivity contribution in [3.63, 3.8) is 0 Å². The number of carbonyl (C=O) groups is 1. The van der Waals surface area contributed by atoms with Crippen LogP contribution >= 0.6 is 22.7 Å². The zero-order valence-corrected chi connectivity index (χ0v) is 14.1. The SMILES string of the molecule is CC(O)CC(C)(C)CNC(=O)c1csc(-c2cccs2)n1. The van der Waals surface area contributed by atoms with E-state index in [9.17, 15) is 9.90 Å². The molecule has 2 rings (SSSR count). The minimum atomic E-state index is -0.374. The molecule has 0 spiro atoms. The van der Waals surface area contributed by atoms with E-state index in [1.165, 1.54) is 11.3 Å². The average molecular weight is 324 g/mol. The number of nitrogens with zero attached hydrogens (tertiary/aromatic N) is 1. The van der Waals surface area contributed by atoms with Crippen LogP contribution in [-0.4, -0.2) is 28.6 Å². The molecular weight excluding hydrogens is 304 g/mol. The topological polar surface area (TPSA) is 62.2 Å². The molecule has 2 N–H and O–H groups in total. The van der Waals surface area contributed by atoms with Gasteiger partial charge >= 0.3 is 0 Å². The van der Waals surface area contributed by atoms with E-state index in [4.69, 9.17) is 0 Å². The number of hydrogen-bond acceptors (Lipinski definition) is 5. The van der Waals surface area contributed by atoms with E-state index in [2.05, 4.69) is 10.3 Å². The minimum Gasteiger partial charge on any atom is -0.393 e. The van der Waals surface area contributed by atoms with E-state index in [1.807, 2.05) is 31.4 Å². The van der Waals surface area contributed by atoms with Crippen LogP contribution in [0.5, 0.6) is 0 Å². The van der Waals surface area contributed by atoms with Crippen molar-refractivity contribution >= 4 is 28.6 Å². The summed E-state index contributed by atoms with van der Waals surface area (Å²) in [6, 6.07) is 3.97. The largest absolute Gasteiger partial charge is 0.393 e. The van der Waals surface area contributed by atoms with Crippen molar-refractivity contribution in [1.29, 1.82) is 0 Å². The van der Waals surface area contributed by atoms with Crippen molar-refractivity contribution in [2.75, 3.05) is 6.54 Å². The first-order chi connectivity index (χ1) is 9.87. The van der Waals surface area contributed by atoms with Gasteiger partial charge in [-0.25, -0.2) is 4.98 Å². The molecule has 21 heavy (non-hydrogen) atoms. The van der Waals surface area contributed by atoms with Crippen molar-refractivity contribution in [3.05, 3.63) is 28.6 Å². The molecule has 4 nitrogen and oxygen atoms in total. The molecule has 0 aliphatic rings. The molecule has 2 aromatic heterocycles. The fourth-order valence-corrected chi connectivity index (χ4v) is 3.79. The molecule has 0 bridgehead atoms. The standard InChI is InChI=1S/C15H20N2O2S2/c1-10(18)7-15(2,3)9-16-13(19)11-8-21-14(17-11)12-5-4-6-20-12/h4-6,8,10,18H,7,9H2,1-3H3,(H,16,19). The summed E-state index contributed by atoms with van der Waals surface area (Å²) in [5.74, 6) is -0.160. The lowest BCUT2D eigenvalue weighted by atomic mass is 9.87. The van der Waals surface area contributed by atoms with E-state index in [-0.39, 0.29) is 17.4 Å². The predicted octanol–water partition coefficient (Wildman–Crippen LogP) is 3.40. The molecule has 1 unspecified atom stereocenters. The van der Waals surface area contributed by atoms with E-state index in [0.717, 1.165) is 9.88 Å². The Labute approximate surface area is 132 Å². The Morgan fingerprint density at radius 1 is 1.48 bits per heavy atom. The lowest BCUT2D eigenvalue weighted by Gasteiger charge is -2.26. The number of aliphatic hydroxyl groups is 1. The molecule has 2 aromatic rings. The van der Waals surface area contributed by atoms with Crippen molar-refractivity contribution in [3.8, 4) is 9.88 Å². The third-order valence-corrected chi connectivity index (χ3v) is 4.93. The second-order valence-corrected chi connectivity index (χ2v) is 7.72. The van der Waals surface area contributed by atoms with Gasteiger partial charge in [-0.05, 0) is 30.2 Å². The second-order valence-electron chi connectivity index (χ2n) is 5.92. The molecular formula is C15H20N2O2S2. The lowest BCUT2D eigenvalue weighted by molar-refractivity contribution is 0.0898. The molecule has 1 amide bonds. The highest BCUT2D eigenvalue weighted by molar-refractivity contribution is 7.20. The maximum Gasteiger partial charge on any atom is 0.270 e. The van der Waals surface area contributed by atoms with Gasteiger partial charge in [0.1, 0.15) is 10.7 Å². The quantitative estimate of drug-likeness (QED) is 0.856. The number of aromatic nitrogens is 1. The monoisotopic (exact) mass is 324 g/mol. The first kappa shape index (κ1) is 16.1. The Morgan fingerprint density at radius 2 is 2.24 bits per heavy atom. The molecule has 114 valence electrons. The summed E-state index contributed by atoms with van der Waals surface area (Å²) in [5.41, 5.74) is 0.312. The molecule has 2 heterocycles. The fraction of sp³-hybridized carbons (Fsp3) is 0.467. The Hall–Kier alpha value is -1.24. The van der Waals surface area contributed by atoms with Gasteiger partial charge in [-0.15, -0.1) is 22.7 Å². The van der Waals surface area contributed by atoms with Crippen LogP contribution in [0.1, 0.15) is 37.7 Å². The van der Waals surface area contributed by atoms with Gasteiger partial charge in [0.2, 0.25) is 0 Å². The maximum absolute atomic E-state index is 12.1. The average Bonchev–Trinajstić information content (AvgIpc) is 3.04. The summed E-state index contributed by atoms with van der Waals surface area (Å²) in [6.45, 7) is 6.33. The molecule has 1 atom stereocenters. The van der Waals surface area contributed by atoms with Gasteiger partial charge in [0.15, 0.2) is 0 Å². The molecule has 0 radical (unpaired) electrons. The summed E-state index contributed by atoms with van der Waals surface area (Å²) in [4.78, 5) is 17.6. The summed E-state index contributed by atoms with van der Waals surface area (Å²) in [7, 11) is 0. The van der Waals surface area contributed by atoms with Crippen LogP contribution in [0.4, 0.5) is 0 Å². The van der Waals surface area contributed by atoms with Crippen molar-refractivity contribution in [2.24, 2.45) is 5.41 Å². The van der Waals surface area contributed by atoms with Crippen LogP contribution in [0.25, 0.3) is 9.88 Å².